The van der Waals surface area contributed by atoms with Gasteiger partial charge in [0.1, 0.15) is 5.82 Å². The minimum absolute atomic E-state index is 0.286. The van der Waals surface area contributed by atoms with E-state index in [1.807, 2.05) is 6.92 Å². The van der Waals surface area contributed by atoms with Crippen molar-refractivity contribution >= 4 is 21.9 Å². The highest BCUT2D eigenvalue weighted by Crippen LogP contribution is 2.21. The molecule has 2 aromatic rings. The quantitative estimate of drug-likeness (QED) is 0.865. The van der Waals surface area contributed by atoms with Gasteiger partial charge in [0.2, 0.25) is 5.95 Å². The van der Waals surface area contributed by atoms with Crippen LogP contribution in [0.3, 0.4) is 0 Å². The van der Waals surface area contributed by atoms with Crippen LogP contribution in [0.4, 0.5) is 10.3 Å². The van der Waals surface area contributed by atoms with Gasteiger partial charge in [0.15, 0.2) is 0 Å². The third kappa shape index (κ3) is 1.87. The summed E-state index contributed by atoms with van der Waals surface area (Å²) < 4.78 is 15.8. The fourth-order valence-electron chi connectivity index (χ4n) is 1.39. The average Bonchev–Trinajstić information content (AvgIpc) is 2.45. The zero-order valence-corrected chi connectivity index (χ0v) is 9.62. The first-order chi connectivity index (χ1) is 7.08. The summed E-state index contributed by atoms with van der Waals surface area (Å²) in [5, 5.41) is 0. The van der Waals surface area contributed by atoms with E-state index in [1.54, 1.807) is 18.3 Å². The van der Waals surface area contributed by atoms with Crippen LogP contribution in [0.2, 0.25) is 0 Å². The van der Waals surface area contributed by atoms with Gasteiger partial charge in [-0.05, 0) is 25.1 Å². The fourth-order valence-corrected chi connectivity index (χ4v) is 1.72. The molecule has 0 bridgehead atoms. The van der Waals surface area contributed by atoms with Gasteiger partial charge in [0.25, 0.3) is 0 Å². The molecule has 0 spiro atoms. The van der Waals surface area contributed by atoms with Gasteiger partial charge in [-0.15, -0.1) is 0 Å². The Morgan fingerprint density at radius 3 is 2.73 bits per heavy atom. The minimum atomic E-state index is -0.339. The minimum Gasteiger partial charge on any atom is -0.369 e. The Hall–Kier alpha value is -1.36. The predicted octanol–water partition coefficient (Wildman–Crippen LogP) is 2.66. The molecule has 0 unspecified atom stereocenters. The first-order valence-corrected chi connectivity index (χ1v) is 5.14. The van der Waals surface area contributed by atoms with Gasteiger partial charge in [-0.25, -0.2) is 9.37 Å². The zero-order valence-electron chi connectivity index (χ0n) is 8.04. The van der Waals surface area contributed by atoms with E-state index in [0.717, 1.165) is 5.69 Å². The molecule has 5 heteroatoms. The number of nitrogens with two attached hydrogens (primary N) is 1. The zero-order chi connectivity index (χ0) is 11.0. The number of hydrogen-bond acceptors (Lipinski definition) is 2. The number of aromatic nitrogens is 2. The Labute approximate surface area is 94.9 Å². The second-order valence-electron chi connectivity index (χ2n) is 3.21. The van der Waals surface area contributed by atoms with E-state index < -0.39 is 0 Å². The lowest BCUT2D eigenvalue weighted by Gasteiger charge is -2.05. The third-order valence-electron chi connectivity index (χ3n) is 2.02. The molecule has 0 saturated heterocycles. The van der Waals surface area contributed by atoms with Gasteiger partial charge in [0, 0.05) is 10.7 Å². The summed E-state index contributed by atoms with van der Waals surface area (Å²) in [4.78, 5) is 4.01. The van der Waals surface area contributed by atoms with Gasteiger partial charge in [-0.1, -0.05) is 15.9 Å². The van der Waals surface area contributed by atoms with Gasteiger partial charge in [-0.3, -0.25) is 4.57 Å². The monoisotopic (exact) mass is 269 g/mol. The maximum absolute atomic E-state index is 13.6. The summed E-state index contributed by atoms with van der Waals surface area (Å²) in [5.41, 5.74) is 6.81. The van der Waals surface area contributed by atoms with Crippen LogP contribution in [-0.2, 0) is 0 Å². The van der Waals surface area contributed by atoms with Crippen molar-refractivity contribution in [3.05, 3.63) is 40.4 Å². The normalized spacial score (nSPS) is 10.6. The summed E-state index contributed by atoms with van der Waals surface area (Å²) in [6.45, 7) is 1.81. The van der Waals surface area contributed by atoms with E-state index in [2.05, 4.69) is 20.9 Å². The molecule has 78 valence electrons. The van der Waals surface area contributed by atoms with Crippen LogP contribution < -0.4 is 5.73 Å². The van der Waals surface area contributed by atoms with Crippen molar-refractivity contribution in [3.63, 3.8) is 0 Å². The van der Waals surface area contributed by atoms with Crippen molar-refractivity contribution < 1.29 is 4.39 Å². The molecule has 3 nitrogen and oxygen atoms in total. The van der Waals surface area contributed by atoms with E-state index in [-0.39, 0.29) is 11.8 Å². The number of aryl methyl sites for hydroxylation is 1. The molecule has 1 heterocycles. The molecule has 0 amide bonds. The molecular formula is C10H9BrFN3. The van der Waals surface area contributed by atoms with Crippen molar-refractivity contribution in [1.29, 1.82) is 0 Å². The number of nitrogens with zero attached hydrogens (tertiary/aromatic N) is 2. The number of hydrogen-bond donors (Lipinski definition) is 1. The standard InChI is InChI=1S/C10H9BrFN3/c1-6-5-15(10(13)14-6)9-3-2-7(11)4-8(9)12/h2-5H,1H3,(H2,13,14). The van der Waals surface area contributed by atoms with E-state index in [0.29, 0.717) is 10.2 Å². The smallest absolute Gasteiger partial charge is 0.205 e. The van der Waals surface area contributed by atoms with Crippen LogP contribution >= 0.6 is 15.9 Å². The van der Waals surface area contributed by atoms with Crippen LogP contribution in [0.1, 0.15) is 5.69 Å². The predicted molar refractivity (Wildman–Crippen MR) is 60.4 cm³/mol. The first-order valence-electron chi connectivity index (χ1n) is 4.35. The molecule has 0 saturated carbocycles. The summed E-state index contributed by atoms with van der Waals surface area (Å²) in [6, 6.07) is 4.80. The molecular weight excluding hydrogens is 261 g/mol. The molecule has 0 radical (unpaired) electrons. The summed E-state index contributed by atoms with van der Waals surface area (Å²) in [5.74, 6) is -0.0535. The van der Waals surface area contributed by atoms with Crippen molar-refractivity contribution in [2.45, 2.75) is 6.92 Å². The largest absolute Gasteiger partial charge is 0.369 e. The number of imidazole rings is 1. The van der Waals surface area contributed by atoms with Crippen LogP contribution in [0.25, 0.3) is 5.69 Å². The van der Waals surface area contributed by atoms with Crippen LogP contribution in [0.15, 0.2) is 28.9 Å². The molecule has 0 atom stereocenters. The highest BCUT2D eigenvalue weighted by Gasteiger charge is 2.08. The SMILES string of the molecule is Cc1cn(-c2ccc(Br)cc2F)c(N)n1. The van der Waals surface area contributed by atoms with Crippen molar-refractivity contribution in [3.8, 4) is 5.69 Å². The van der Waals surface area contributed by atoms with E-state index in [1.165, 1.54) is 10.6 Å². The van der Waals surface area contributed by atoms with E-state index in [4.69, 9.17) is 5.73 Å². The number of benzene rings is 1. The second-order valence-corrected chi connectivity index (χ2v) is 4.12. The Morgan fingerprint density at radius 2 is 2.20 bits per heavy atom. The first kappa shape index (κ1) is 10.2. The molecule has 1 aromatic carbocycles. The molecule has 0 aliphatic heterocycles. The lowest BCUT2D eigenvalue weighted by molar-refractivity contribution is 0.618. The fraction of sp³-hybridized carbons (Fsp3) is 0.100. The van der Waals surface area contributed by atoms with Crippen molar-refractivity contribution in [2.75, 3.05) is 5.73 Å². The molecule has 0 aliphatic rings. The molecule has 0 aliphatic carbocycles. The number of anilines is 1. The number of nitrogen functional groups attached to an aromatic ring is 1. The maximum atomic E-state index is 13.6. The van der Waals surface area contributed by atoms with Crippen LogP contribution in [0.5, 0.6) is 0 Å². The van der Waals surface area contributed by atoms with Gasteiger partial charge in [-0.2, -0.15) is 0 Å². The molecule has 15 heavy (non-hydrogen) atoms. The highest BCUT2D eigenvalue weighted by molar-refractivity contribution is 9.10. The number of rotatable bonds is 1. The van der Waals surface area contributed by atoms with Crippen molar-refractivity contribution in [2.24, 2.45) is 0 Å². The van der Waals surface area contributed by atoms with Gasteiger partial charge < -0.3 is 5.73 Å². The molecule has 2 N–H and O–H groups in total. The second kappa shape index (κ2) is 3.66. The van der Waals surface area contributed by atoms with E-state index in [9.17, 15) is 4.39 Å². The van der Waals surface area contributed by atoms with Crippen LogP contribution in [0, 0.1) is 12.7 Å². The van der Waals surface area contributed by atoms with E-state index >= 15 is 0 Å². The lowest BCUT2D eigenvalue weighted by Crippen LogP contribution is -2.01. The maximum Gasteiger partial charge on any atom is 0.205 e. The third-order valence-corrected chi connectivity index (χ3v) is 2.52. The number of halogens is 2. The lowest BCUT2D eigenvalue weighted by atomic mass is 10.3. The topological polar surface area (TPSA) is 43.8 Å². The Bertz CT molecular complexity index is 507. The average molecular weight is 270 g/mol. The summed E-state index contributed by atoms with van der Waals surface area (Å²) in [7, 11) is 0. The molecule has 0 fully saturated rings. The van der Waals surface area contributed by atoms with Crippen LogP contribution in [-0.4, -0.2) is 9.55 Å². The Morgan fingerprint density at radius 1 is 1.47 bits per heavy atom. The Balaban J connectivity index is 2.59. The molecule has 1 aromatic heterocycles. The highest BCUT2D eigenvalue weighted by atomic mass is 79.9. The Kier molecular flexibility index (Phi) is 2.48. The van der Waals surface area contributed by atoms with Gasteiger partial charge in [0.05, 0.1) is 11.4 Å². The summed E-state index contributed by atoms with van der Waals surface area (Å²) >= 11 is 3.20. The van der Waals surface area contributed by atoms with Gasteiger partial charge >= 0.3 is 0 Å². The molecule has 2 rings (SSSR count). The van der Waals surface area contributed by atoms with Crippen molar-refractivity contribution in [1.82, 2.24) is 9.55 Å². The summed E-state index contributed by atoms with van der Waals surface area (Å²) in [6.07, 6.45) is 1.70.